The van der Waals surface area contributed by atoms with Crippen LogP contribution in [0.3, 0.4) is 0 Å². The minimum atomic E-state index is -0.460. The number of halogens is 1. The third-order valence-electron chi connectivity index (χ3n) is 4.60. The first kappa shape index (κ1) is 21.5. The zero-order valence-electron chi connectivity index (χ0n) is 16.9. The second-order valence-corrected chi connectivity index (χ2v) is 7.79. The zero-order chi connectivity index (χ0) is 21.5. The summed E-state index contributed by atoms with van der Waals surface area (Å²) in [7, 11) is 0. The highest BCUT2D eigenvalue weighted by Crippen LogP contribution is 2.21. The van der Waals surface area contributed by atoms with Crippen molar-refractivity contribution in [2.75, 3.05) is 0 Å². The predicted molar refractivity (Wildman–Crippen MR) is 122 cm³/mol. The fourth-order valence-corrected chi connectivity index (χ4v) is 3.39. The Morgan fingerprint density at radius 1 is 1.03 bits per heavy atom. The number of hydrogen-bond acceptors (Lipinski definition) is 3. The van der Waals surface area contributed by atoms with Crippen molar-refractivity contribution in [2.45, 2.75) is 26.8 Å². The lowest BCUT2D eigenvalue weighted by molar-refractivity contribution is -0.129. The number of carbonyl (C=O) groups is 2. The van der Waals surface area contributed by atoms with Crippen LogP contribution in [0.1, 0.15) is 28.9 Å². The molecule has 0 saturated carbocycles. The molecular weight excluding hydrogens is 444 g/mol. The molecule has 7 heteroatoms. The molecule has 2 amide bonds. The summed E-state index contributed by atoms with van der Waals surface area (Å²) in [4.78, 5) is 23.9. The van der Waals surface area contributed by atoms with Crippen LogP contribution in [0.15, 0.2) is 70.2 Å². The molecule has 0 aliphatic rings. The van der Waals surface area contributed by atoms with E-state index in [-0.39, 0.29) is 12.3 Å². The number of benzene rings is 2. The van der Waals surface area contributed by atoms with Crippen molar-refractivity contribution >= 4 is 34.0 Å². The first-order chi connectivity index (χ1) is 14.4. The van der Waals surface area contributed by atoms with Gasteiger partial charge in [0.1, 0.15) is 6.42 Å². The molecule has 0 aliphatic carbocycles. The molecule has 0 bridgehead atoms. The molecule has 0 unspecified atom stereocenters. The van der Waals surface area contributed by atoms with Crippen molar-refractivity contribution in [3.8, 4) is 5.69 Å². The van der Waals surface area contributed by atoms with Crippen LogP contribution in [0, 0.1) is 13.8 Å². The molecule has 0 fully saturated rings. The number of rotatable bonds is 7. The fraction of sp³-hybridized carbons (Fsp3) is 0.174. The summed E-state index contributed by atoms with van der Waals surface area (Å²) in [6.45, 7) is 4.40. The zero-order valence-corrected chi connectivity index (χ0v) is 18.4. The quantitative estimate of drug-likeness (QED) is 0.313. The van der Waals surface area contributed by atoms with Crippen LogP contribution in [-0.4, -0.2) is 22.6 Å². The van der Waals surface area contributed by atoms with E-state index in [1.807, 2.05) is 74.5 Å². The summed E-state index contributed by atoms with van der Waals surface area (Å²) in [5.41, 5.74) is 7.40. The van der Waals surface area contributed by atoms with E-state index in [4.69, 9.17) is 0 Å². The Morgan fingerprint density at radius 2 is 1.73 bits per heavy atom. The highest BCUT2D eigenvalue weighted by Gasteiger charge is 2.11. The van der Waals surface area contributed by atoms with E-state index in [2.05, 4.69) is 36.3 Å². The topological polar surface area (TPSA) is 75.5 Å². The Labute approximate surface area is 184 Å². The van der Waals surface area contributed by atoms with Crippen molar-refractivity contribution in [3.05, 3.63) is 87.7 Å². The van der Waals surface area contributed by atoms with E-state index in [0.29, 0.717) is 6.54 Å². The van der Waals surface area contributed by atoms with Gasteiger partial charge in [0.25, 0.3) is 0 Å². The molecule has 3 rings (SSSR count). The maximum atomic E-state index is 12.0. The minimum Gasteiger partial charge on any atom is -0.352 e. The highest BCUT2D eigenvalue weighted by atomic mass is 79.9. The van der Waals surface area contributed by atoms with Gasteiger partial charge in [-0.25, -0.2) is 5.43 Å². The van der Waals surface area contributed by atoms with Gasteiger partial charge in [0.2, 0.25) is 11.8 Å². The third kappa shape index (κ3) is 5.67. The summed E-state index contributed by atoms with van der Waals surface area (Å²) in [6.07, 6.45) is 1.32. The molecule has 1 aromatic heterocycles. The third-order valence-corrected chi connectivity index (χ3v) is 5.13. The standard InChI is InChI=1S/C23H23BrN4O2/c1-16-12-19(17(2)28(16)21-10-8-20(24)9-11-21)15-26-27-23(30)13-22(29)25-14-18-6-4-3-5-7-18/h3-12,15H,13-14H2,1-2H3,(H,25,29)(H,27,30)/b26-15+. The van der Waals surface area contributed by atoms with Gasteiger partial charge in [-0.3, -0.25) is 9.59 Å². The number of hydrazone groups is 1. The van der Waals surface area contributed by atoms with Gasteiger partial charge in [-0.2, -0.15) is 5.10 Å². The number of aryl methyl sites for hydroxylation is 1. The van der Waals surface area contributed by atoms with Crippen LogP contribution in [0.25, 0.3) is 5.69 Å². The van der Waals surface area contributed by atoms with Crippen molar-refractivity contribution in [1.82, 2.24) is 15.3 Å². The molecule has 3 aromatic rings. The number of amides is 2. The lowest BCUT2D eigenvalue weighted by Crippen LogP contribution is -2.29. The minimum absolute atomic E-state index is 0.276. The average molecular weight is 467 g/mol. The van der Waals surface area contributed by atoms with Crippen LogP contribution >= 0.6 is 15.9 Å². The lowest BCUT2D eigenvalue weighted by Gasteiger charge is -2.09. The number of nitrogens with one attached hydrogen (secondary N) is 2. The Balaban J connectivity index is 1.55. The molecule has 0 atom stereocenters. The molecule has 30 heavy (non-hydrogen) atoms. The Bertz CT molecular complexity index is 1060. The molecule has 0 aliphatic heterocycles. The maximum Gasteiger partial charge on any atom is 0.249 e. The number of hydrogen-bond donors (Lipinski definition) is 2. The van der Waals surface area contributed by atoms with Gasteiger partial charge >= 0.3 is 0 Å². The SMILES string of the molecule is Cc1cc(/C=N/NC(=O)CC(=O)NCc2ccccc2)c(C)n1-c1ccc(Br)cc1. The molecule has 0 saturated heterocycles. The summed E-state index contributed by atoms with van der Waals surface area (Å²) in [5.74, 6) is -0.807. The van der Waals surface area contributed by atoms with E-state index >= 15 is 0 Å². The number of nitrogens with zero attached hydrogens (tertiary/aromatic N) is 2. The van der Waals surface area contributed by atoms with Gasteiger partial charge in [0, 0.05) is 33.7 Å². The molecule has 2 N–H and O–H groups in total. The molecule has 2 aromatic carbocycles. The van der Waals surface area contributed by atoms with Crippen LogP contribution < -0.4 is 10.7 Å². The molecule has 6 nitrogen and oxygen atoms in total. The smallest absolute Gasteiger partial charge is 0.249 e. The van der Waals surface area contributed by atoms with Crippen LogP contribution in [0.5, 0.6) is 0 Å². The summed E-state index contributed by atoms with van der Waals surface area (Å²) >= 11 is 3.45. The Hall–Kier alpha value is -3.19. The van der Waals surface area contributed by atoms with Crippen molar-refractivity contribution in [2.24, 2.45) is 5.10 Å². The van der Waals surface area contributed by atoms with E-state index in [9.17, 15) is 9.59 Å². The van der Waals surface area contributed by atoms with Crippen LogP contribution in [-0.2, 0) is 16.1 Å². The van der Waals surface area contributed by atoms with Gasteiger partial charge in [0.15, 0.2) is 0 Å². The highest BCUT2D eigenvalue weighted by molar-refractivity contribution is 9.10. The van der Waals surface area contributed by atoms with Gasteiger partial charge < -0.3 is 9.88 Å². The summed E-state index contributed by atoms with van der Waals surface area (Å²) < 4.78 is 3.14. The molecular formula is C23H23BrN4O2. The van der Waals surface area contributed by atoms with Crippen LogP contribution in [0.4, 0.5) is 0 Å². The average Bonchev–Trinajstić information content (AvgIpc) is 3.01. The number of carbonyl (C=O) groups excluding carboxylic acids is 2. The molecule has 0 spiro atoms. The Morgan fingerprint density at radius 3 is 2.43 bits per heavy atom. The maximum absolute atomic E-state index is 12.0. The van der Waals surface area contributed by atoms with Crippen molar-refractivity contribution in [3.63, 3.8) is 0 Å². The first-order valence-electron chi connectivity index (χ1n) is 9.51. The van der Waals surface area contributed by atoms with E-state index < -0.39 is 5.91 Å². The van der Waals surface area contributed by atoms with Crippen molar-refractivity contribution in [1.29, 1.82) is 0 Å². The van der Waals surface area contributed by atoms with E-state index in [0.717, 1.165) is 32.7 Å². The van der Waals surface area contributed by atoms with Gasteiger partial charge in [-0.05, 0) is 49.7 Å². The molecule has 154 valence electrons. The van der Waals surface area contributed by atoms with Crippen LogP contribution in [0.2, 0.25) is 0 Å². The summed E-state index contributed by atoms with van der Waals surface area (Å²) in [6, 6.07) is 19.6. The predicted octanol–water partition coefficient (Wildman–Crippen LogP) is 4.01. The molecule has 1 heterocycles. The van der Waals surface area contributed by atoms with E-state index in [1.54, 1.807) is 6.21 Å². The fourth-order valence-electron chi connectivity index (χ4n) is 3.12. The number of aromatic nitrogens is 1. The van der Waals surface area contributed by atoms with Gasteiger partial charge in [0.05, 0.1) is 6.21 Å². The van der Waals surface area contributed by atoms with E-state index in [1.165, 1.54) is 0 Å². The van der Waals surface area contributed by atoms with Gasteiger partial charge in [-0.15, -0.1) is 0 Å². The first-order valence-corrected chi connectivity index (χ1v) is 10.3. The monoisotopic (exact) mass is 466 g/mol. The molecule has 0 radical (unpaired) electrons. The normalized spacial score (nSPS) is 10.9. The summed E-state index contributed by atoms with van der Waals surface area (Å²) in [5, 5.41) is 6.73. The Kier molecular flexibility index (Phi) is 7.19. The second-order valence-electron chi connectivity index (χ2n) is 6.87. The van der Waals surface area contributed by atoms with Gasteiger partial charge in [-0.1, -0.05) is 46.3 Å². The lowest BCUT2D eigenvalue weighted by atomic mass is 10.2. The largest absolute Gasteiger partial charge is 0.352 e. The second kappa shape index (κ2) is 10.0. The van der Waals surface area contributed by atoms with Crippen molar-refractivity contribution < 1.29 is 9.59 Å².